The molecule has 3 aliphatic rings. The lowest BCUT2D eigenvalue weighted by molar-refractivity contribution is 0.0820. The number of hydrogen-bond acceptors (Lipinski definition) is 2. The van der Waals surface area contributed by atoms with Gasteiger partial charge in [-0.25, -0.2) is 0 Å². The summed E-state index contributed by atoms with van der Waals surface area (Å²) in [7, 11) is 0. The quantitative estimate of drug-likeness (QED) is 0.735. The molecule has 1 N–H and O–H groups in total. The van der Waals surface area contributed by atoms with E-state index in [4.69, 9.17) is 0 Å². The molecular formula is C14H26N2. The van der Waals surface area contributed by atoms with Crippen molar-refractivity contribution in [1.82, 2.24) is 10.2 Å². The molecule has 3 rings (SSSR count). The molecule has 0 aromatic carbocycles. The molecule has 3 fully saturated rings. The minimum absolute atomic E-state index is 0.832. The summed E-state index contributed by atoms with van der Waals surface area (Å²) in [5.74, 6) is 0. The molecule has 1 aliphatic heterocycles. The predicted molar refractivity (Wildman–Crippen MR) is 67.6 cm³/mol. The minimum Gasteiger partial charge on any atom is -0.313 e. The molecule has 0 aromatic heterocycles. The lowest BCUT2D eigenvalue weighted by Gasteiger charge is -2.40. The summed E-state index contributed by atoms with van der Waals surface area (Å²) in [6.07, 6.45) is 11.7. The van der Waals surface area contributed by atoms with Gasteiger partial charge in [0, 0.05) is 32.2 Å². The van der Waals surface area contributed by atoms with Gasteiger partial charge in [0.25, 0.3) is 0 Å². The Labute approximate surface area is 99.8 Å². The maximum absolute atomic E-state index is 3.77. The van der Waals surface area contributed by atoms with Crippen LogP contribution in [0.4, 0.5) is 0 Å². The fourth-order valence-corrected chi connectivity index (χ4v) is 3.46. The molecule has 0 radical (unpaired) electrons. The van der Waals surface area contributed by atoms with Crippen molar-refractivity contribution < 1.29 is 0 Å². The van der Waals surface area contributed by atoms with E-state index in [1.807, 2.05) is 0 Å². The second kappa shape index (κ2) is 4.66. The summed E-state index contributed by atoms with van der Waals surface area (Å²) in [6.45, 7) is 5.32. The van der Waals surface area contributed by atoms with Crippen LogP contribution in [-0.4, -0.2) is 37.1 Å². The Hall–Kier alpha value is -0.0800. The Bertz CT molecular complexity index is 219. The van der Waals surface area contributed by atoms with Crippen molar-refractivity contribution in [3.63, 3.8) is 0 Å². The second-order valence-corrected chi connectivity index (χ2v) is 6.35. The summed E-state index contributed by atoms with van der Waals surface area (Å²) >= 11 is 0. The fraction of sp³-hybridized carbons (Fsp3) is 1.00. The van der Waals surface area contributed by atoms with Crippen LogP contribution in [0.25, 0.3) is 0 Å². The lowest BCUT2D eigenvalue weighted by Crippen LogP contribution is -2.51. The monoisotopic (exact) mass is 222 g/mol. The van der Waals surface area contributed by atoms with E-state index >= 15 is 0 Å². The molecule has 92 valence electrons. The topological polar surface area (TPSA) is 15.3 Å². The SMILES string of the molecule is C1CCCC(NCCN2CC3(CC3)C2)CC1. The van der Waals surface area contributed by atoms with Gasteiger partial charge < -0.3 is 10.2 Å². The van der Waals surface area contributed by atoms with Crippen molar-refractivity contribution in [1.29, 1.82) is 0 Å². The van der Waals surface area contributed by atoms with E-state index in [-0.39, 0.29) is 0 Å². The van der Waals surface area contributed by atoms with E-state index in [0.717, 1.165) is 11.5 Å². The van der Waals surface area contributed by atoms with Crippen molar-refractivity contribution in [3.05, 3.63) is 0 Å². The summed E-state index contributed by atoms with van der Waals surface area (Å²) in [4.78, 5) is 2.64. The highest BCUT2D eigenvalue weighted by Crippen LogP contribution is 2.52. The number of hydrogen-bond donors (Lipinski definition) is 1. The van der Waals surface area contributed by atoms with Gasteiger partial charge in [0.1, 0.15) is 0 Å². The van der Waals surface area contributed by atoms with Crippen LogP contribution in [0.15, 0.2) is 0 Å². The van der Waals surface area contributed by atoms with Crippen LogP contribution in [0.5, 0.6) is 0 Å². The Kier molecular flexibility index (Phi) is 3.21. The van der Waals surface area contributed by atoms with Crippen LogP contribution < -0.4 is 5.32 Å². The molecule has 16 heavy (non-hydrogen) atoms. The number of nitrogens with zero attached hydrogens (tertiary/aromatic N) is 1. The van der Waals surface area contributed by atoms with Crippen molar-refractivity contribution in [2.45, 2.75) is 57.4 Å². The molecule has 0 aromatic rings. The lowest BCUT2D eigenvalue weighted by atomic mass is 9.97. The van der Waals surface area contributed by atoms with Gasteiger partial charge in [0.15, 0.2) is 0 Å². The van der Waals surface area contributed by atoms with E-state index in [1.165, 1.54) is 77.5 Å². The van der Waals surface area contributed by atoms with Gasteiger partial charge in [-0.05, 0) is 31.1 Å². The molecule has 1 saturated heterocycles. The first-order valence-corrected chi connectivity index (χ1v) is 7.32. The standard InChI is InChI=1S/C14H26N2/c1-2-4-6-13(5-3-1)15-9-10-16-11-14(12-16)7-8-14/h13,15H,1-12H2. The van der Waals surface area contributed by atoms with E-state index in [9.17, 15) is 0 Å². The van der Waals surface area contributed by atoms with E-state index in [0.29, 0.717) is 0 Å². The molecule has 1 spiro atoms. The number of nitrogens with one attached hydrogen (secondary N) is 1. The molecule has 2 saturated carbocycles. The molecule has 0 amide bonds. The zero-order chi connectivity index (χ0) is 10.8. The smallest absolute Gasteiger partial charge is 0.0107 e. The zero-order valence-electron chi connectivity index (χ0n) is 10.5. The molecule has 0 atom stereocenters. The minimum atomic E-state index is 0.832. The van der Waals surface area contributed by atoms with E-state index in [1.54, 1.807) is 0 Å². The van der Waals surface area contributed by atoms with Gasteiger partial charge in [-0.1, -0.05) is 25.7 Å². The summed E-state index contributed by atoms with van der Waals surface area (Å²) in [6, 6.07) is 0.832. The first-order chi connectivity index (χ1) is 7.86. The highest BCUT2D eigenvalue weighted by molar-refractivity contribution is 5.05. The zero-order valence-corrected chi connectivity index (χ0v) is 10.5. The third-order valence-corrected chi connectivity index (χ3v) is 4.79. The van der Waals surface area contributed by atoms with E-state index < -0.39 is 0 Å². The third kappa shape index (κ3) is 2.60. The Balaban J connectivity index is 1.28. The Morgan fingerprint density at radius 3 is 2.31 bits per heavy atom. The summed E-state index contributed by atoms with van der Waals surface area (Å²) in [5, 5.41) is 3.77. The summed E-state index contributed by atoms with van der Waals surface area (Å²) in [5.41, 5.74) is 0.836. The second-order valence-electron chi connectivity index (χ2n) is 6.35. The average Bonchev–Trinajstić information content (AvgIpc) is 3.00. The van der Waals surface area contributed by atoms with Gasteiger partial charge in [-0.3, -0.25) is 0 Å². The maximum Gasteiger partial charge on any atom is 0.0107 e. The summed E-state index contributed by atoms with van der Waals surface area (Å²) < 4.78 is 0. The van der Waals surface area contributed by atoms with Crippen LogP contribution in [0.2, 0.25) is 0 Å². The average molecular weight is 222 g/mol. The largest absolute Gasteiger partial charge is 0.313 e. The first kappa shape index (κ1) is 11.0. The maximum atomic E-state index is 3.77. The van der Waals surface area contributed by atoms with Gasteiger partial charge >= 0.3 is 0 Å². The molecule has 2 nitrogen and oxygen atoms in total. The molecular weight excluding hydrogens is 196 g/mol. The Morgan fingerprint density at radius 2 is 1.69 bits per heavy atom. The molecule has 0 bridgehead atoms. The van der Waals surface area contributed by atoms with Crippen LogP contribution in [0, 0.1) is 5.41 Å². The van der Waals surface area contributed by atoms with E-state index in [2.05, 4.69) is 10.2 Å². The van der Waals surface area contributed by atoms with Gasteiger partial charge in [-0.2, -0.15) is 0 Å². The van der Waals surface area contributed by atoms with Crippen LogP contribution >= 0.6 is 0 Å². The normalized spacial score (nSPS) is 30.0. The molecule has 0 unspecified atom stereocenters. The van der Waals surface area contributed by atoms with Crippen molar-refractivity contribution in [2.75, 3.05) is 26.2 Å². The van der Waals surface area contributed by atoms with Gasteiger partial charge in [-0.15, -0.1) is 0 Å². The highest BCUT2D eigenvalue weighted by atomic mass is 15.2. The van der Waals surface area contributed by atoms with Crippen molar-refractivity contribution in [2.24, 2.45) is 5.41 Å². The van der Waals surface area contributed by atoms with Crippen LogP contribution in [0.1, 0.15) is 51.4 Å². The van der Waals surface area contributed by atoms with Gasteiger partial charge in [0.05, 0.1) is 0 Å². The first-order valence-electron chi connectivity index (χ1n) is 7.32. The highest BCUT2D eigenvalue weighted by Gasteiger charge is 2.51. The predicted octanol–water partition coefficient (Wildman–Crippen LogP) is 2.39. The fourth-order valence-electron chi connectivity index (χ4n) is 3.46. The van der Waals surface area contributed by atoms with Crippen molar-refractivity contribution in [3.8, 4) is 0 Å². The third-order valence-electron chi connectivity index (χ3n) is 4.79. The van der Waals surface area contributed by atoms with Crippen molar-refractivity contribution >= 4 is 0 Å². The van der Waals surface area contributed by atoms with Crippen LogP contribution in [0.3, 0.4) is 0 Å². The molecule has 1 heterocycles. The van der Waals surface area contributed by atoms with Crippen LogP contribution in [-0.2, 0) is 0 Å². The molecule has 2 heteroatoms. The number of rotatable bonds is 4. The number of likely N-dealkylation sites (tertiary alicyclic amines) is 1. The van der Waals surface area contributed by atoms with Gasteiger partial charge in [0.2, 0.25) is 0 Å². The Morgan fingerprint density at radius 1 is 1.00 bits per heavy atom. The molecule has 2 aliphatic carbocycles.